The van der Waals surface area contributed by atoms with E-state index in [9.17, 15) is 4.79 Å². The molecule has 2 aromatic rings. The van der Waals surface area contributed by atoms with E-state index in [0.29, 0.717) is 10.8 Å². The standard InChI is InChI=1S/C20H25ClN2O2/c1-5-23(6-2)16-8-10-18(15(4)12-16)22-20(24)13-25-19-11-14(3)7-9-17(19)21/h7-12H,5-6,13H2,1-4H3,(H,22,24). The van der Waals surface area contributed by atoms with E-state index < -0.39 is 0 Å². The van der Waals surface area contributed by atoms with E-state index in [1.54, 1.807) is 6.07 Å². The first-order valence-electron chi connectivity index (χ1n) is 8.49. The van der Waals surface area contributed by atoms with E-state index in [2.05, 4.69) is 30.1 Å². The molecule has 0 fully saturated rings. The van der Waals surface area contributed by atoms with Crippen LogP contribution in [-0.2, 0) is 4.79 Å². The normalized spacial score (nSPS) is 10.4. The van der Waals surface area contributed by atoms with Gasteiger partial charge in [-0.3, -0.25) is 4.79 Å². The van der Waals surface area contributed by atoms with Crippen molar-refractivity contribution in [3.63, 3.8) is 0 Å². The molecule has 0 unspecified atom stereocenters. The number of hydrogen-bond acceptors (Lipinski definition) is 3. The topological polar surface area (TPSA) is 41.6 Å². The molecule has 0 aliphatic carbocycles. The summed E-state index contributed by atoms with van der Waals surface area (Å²) < 4.78 is 5.54. The second kappa shape index (κ2) is 8.77. The highest BCUT2D eigenvalue weighted by Crippen LogP contribution is 2.26. The highest BCUT2D eigenvalue weighted by Gasteiger charge is 2.10. The zero-order chi connectivity index (χ0) is 18.4. The molecule has 0 aliphatic heterocycles. The minimum Gasteiger partial charge on any atom is -0.482 e. The average molecular weight is 361 g/mol. The van der Waals surface area contributed by atoms with Crippen LogP contribution in [-0.4, -0.2) is 25.6 Å². The van der Waals surface area contributed by atoms with Crippen LogP contribution >= 0.6 is 11.6 Å². The average Bonchev–Trinajstić information content (AvgIpc) is 2.59. The van der Waals surface area contributed by atoms with Crippen molar-refractivity contribution in [2.75, 3.05) is 29.9 Å². The number of carbonyl (C=O) groups excluding carboxylic acids is 1. The fraction of sp³-hybridized carbons (Fsp3) is 0.350. The van der Waals surface area contributed by atoms with Crippen molar-refractivity contribution in [3.05, 3.63) is 52.5 Å². The lowest BCUT2D eigenvalue weighted by Gasteiger charge is -2.22. The molecular weight excluding hydrogens is 336 g/mol. The molecule has 2 rings (SSSR count). The van der Waals surface area contributed by atoms with Crippen molar-refractivity contribution < 1.29 is 9.53 Å². The Morgan fingerprint density at radius 2 is 1.84 bits per heavy atom. The van der Waals surface area contributed by atoms with Gasteiger partial charge >= 0.3 is 0 Å². The van der Waals surface area contributed by atoms with Gasteiger partial charge in [0.25, 0.3) is 5.91 Å². The van der Waals surface area contributed by atoms with Crippen molar-refractivity contribution in [1.82, 2.24) is 0 Å². The van der Waals surface area contributed by atoms with E-state index in [0.717, 1.165) is 35.6 Å². The van der Waals surface area contributed by atoms with Gasteiger partial charge in [-0.25, -0.2) is 0 Å². The molecule has 0 atom stereocenters. The molecule has 0 heterocycles. The minimum atomic E-state index is -0.212. The number of ether oxygens (including phenoxy) is 1. The van der Waals surface area contributed by atoms with Gasteiger partial charge in [0, 0.05) is 24.5 Å². The van der Waals surface area contributed by atoms with E-state index in [4.69, 9.17) is 16.3 Å². The van der Waals surface area contributed by atoms with Crippen LogP contribution in [0.4, 0.5) is 11.4 Å². The van der Waals surface area contributed by atoms with Gasteiger partial charge in [-0.2, -0.15) is 0 Å². The van der Waals surface area contributed by atoms with Crippen molar-refractivity contribution >= 4 is 28.9 Å². The highest BCUT2D eigenvalue weighted by atomic mass is 35.5. The quantitative estimate of drug-likeness (QED) is 0.769. The van der Waals surface area contributed by atoms with Crippen molar-refractivity contribution in [3.8, 4) is 5.75 Å². The summed E-state index contributed by atoms with van der Waals surface area (Å²) in [4.78, 5) is 14.4. The Hall–Kier alpha value is -2.20. The van der Waals surface area contributed by atoms with E-state index in [-0.39, 0.29) is 12.5 Å². The third kappa shape index (κ3) is 5.13. The Balaban J connectivity index is 1.99. The summed E-state index contributed by atoms with van der Waals surface area (Å²) in [5.74, 6) is 0.307. The van der Waals surface area contributed by atoms with Crippen molar-refractivity contribution in [2.45, 2.75) is 27.7 Å². The first-order valence-corrected chi connectivity index (χ1v) is 8.86. The van der Waals surface area contributed by atoms with E-state index in [1.807, 2.05) is 38.1 Å². The molecule has 0 saturated carbocycles. The molecule has 25 heavy (non-hydrogen) atoms. The summed E-state index contributed by atoms with van der Waals surface area (Å²) in [6, 6.07) is 11.5. The number of anilines is 2. The number of carbonyl (C=O) groups is 1. The summed E-state index contributed by atoms with van der Waals surface area (Å²) in [5.41, 5.74) is 4.00. The Labute approximate surface area is 154 Å². The molecule has 1 amide bonds. The summed E-state index contributed by atoms with van der Waals surface area (Å²) in [6.45, 7) is 10.0. The van der Waals surface area contributed by atoms with Gasteiger partial charge in [-0.15, -0.1) is 0 Å². The van der Waals surface area contributed by atoms with Crippen LogP contribution in [0.2, 0.25) is 5.02 Å². The van der Waals surface area contributed by atoms with Gasteiger partial charge in [0.05, 0.1) is 5.02 Å². The summed E-state index contributed by atoms with van der Waals surface area (Å²) in [6.07, 6.45) is 0. The minimum absolute atomic E-state index is 0.0829. The van der Waals surface area contributed by atoms with Gasteiger partial charge in [0.2, 0.25) is 0 Å². The number of rotatable bonds is 7. The predicted molar refractivity (Wildman–Crippen MR) is 105 cm³/mol. The molecule has 0 saturated heterocycles. The van der Waals surface area contributed by atoms with Crippen LogP contribution in [0.1, 0.15) is 25.0 Å². The molecule has 0 radical (unpaired) electrons. The van der Waals surface area contributed by atoms with Gasteiger partial charge in [0.15, 0.2) is 6.61 Å². The van der Waals surface area contributed by atoms with Crippen LogP contribution in [0, 0.1) is 13.8 Å². The number of halogens is 1. The molecule has 0 aliphatic rings. The number of benzene rings is 2. The van der Waals surface area contributed by atoms with Crippen LogP contribution < -0.4 is 15.0 Å². The predicted octanol–water partition coefficient (Wildman–Crippen LogP) is 4.82. The van der Waals surface area contributed by atoms with Gasteiger partial charge in [0.1, 0.15) is 5.75 Å². The molecule has 0 bridgehead atoms. The van der Waals surface area contributed by atoms with E-state index in [1.165, 1.54) is 0 Å². The summed E-state index contributed by atoms with van der Waals surface area (Å²) >= 11 is 6.08. The van der Waals surface area contributed by atoms with Crippen LogP contribution in [0.25, 0.3) is 0 Å². The SMILES string of the molecule is CCN(CC)c1ccc(NC(=O)COc2cc(C)ccc2Cl)c(C)c1. The number of hydrogen-bond donors (Lipinski definition) is 1. The van der Waals surface area contributed by atoms with E-state index >= 15 is 0 Å². The number of nitrogens with zero attached hydrogens (tertiary/aromatic N) is 1. The largest absolute Gasteiger partial charge is 0.482 e. The molecule has 0 spiro atoms. The Morgan fingerprint density at radius 3 is 2.48 bits per heavy atom. The zero-order valence-electron chi connectivity index (χ0n) is 15.2. The smallest absolute Gasteiger partial charge is 0.262 e. The lowest BCUT2D eigenvalue weighted by atomic mass is 10.1. The van der Waals surface area contributed by atoms with Crippen LogP contribution in [0.5, 0.6) is 5.75 Å². The van der Waals surface area contributed by atoms with Gasteiger partial charge in [-0.05, 0) is 69.2 Å². The second-order valence-electron chi connectivity index (χ2n) is 5.94. The first-order chi connectivity index (χ1) is 11.9. The fourth-order valence-corrected chi connectivity index (χ4v) is 2.80. The number of aryl methyl sites for hydroxylation is 2. The molecular formula is C20H25ClN2O2. The molecule has 0 aromatic heterocycles. The Morgan fingerprint density at radius 1 is 1.12 bits per heavy atom. The highest BCUT2D eigenvalue weighted by molar-refractivity contribution is 6.32. The molecule has 134 valence electrons. The number of nitrogens with one attached hydrogen (secondary N) is 1. The van der Waals surface area contributed by atoms with Crippen LogP contribution in [0.15, 0.2) is 36.4 Å². The lowest BCUT2D eigenvalue weighted by molar-refractivity contribution is -0.118. The molecule has 1 N–H and O–H groups in total. The maximum atomic E-state index is 12.2. The Kier molecular flexibility index (Phi) is 6.71. The first kappa shape index (κ1) is 19.1. The lowest BCUT2D eigenvalue weighted by Crippen LogP contribution is -2.23. The molecule has 5 heteroatoms. The zero-order valence-corrected chi connectivity index (χ0v) is 16.0. The maximum absolute atomic E-state index is 12.2. The Bertz CT molecular complexity index is 742. The molecule has 2 aromatic carbocycles. The van der Waals surface area contributed by atoms with Gasteiger partial charge in [-0.1, -0.05) is 17.7 Å². The third-order valence-corrected chi connectivity index (χ3v) is 4.37. The van der Waals surface area contributed by atoms with Crippen LogP contribution in [0.3, 0.4) is 0 Å². The van der Waals surface area contributed by atoms with Crippen molar-refractivity contribution in [1.29, 1.82) is 0 Å². The van der Waals surface area contributed by atoms with Crippen molar-refractivity contribution in [2.24, 2.45) is 0 Å². The second-order valence-corrected chi connectivity index (χ2v) is 6.35. The maximum Gasteiger partial charge on any atom is 0.262 e. The third-order valence-electron chi connectivity index (χ3n) is 4.06. The fourth-order valence-electron chi connectivity index (χ4n) is 2.62. The monoisotopic (exact) mass is 360 g/mol. The summed E-state index contributed by atoms with van der Waals surface area (Å²) in [7, 11) is 0. The van der Waals surface area contributed by atoms with Gasteiger partial charge < -0.3 is 15.0 Å². The summed E-state index contributed by atoms with van der Waals surface area (Å²) in [5, 5.41) is 3.39. The molecule has 4 nitrogen and oxygen atoms in total. The number of amides is 1.